The second-order valence-corrected chi connectivity index (χ2v) is 7.57. The molecular formula is C15H26BrNO. The van der Waals surface area contributed by atoms with Crippen LogP contribution >= 0.6 is 15.9 Å². The van der Waals surface area contributed by atoms with Crippen molar-refractivity contribution in [3.8, 4) is 0 Å². The predicted molar refractivity (Wildman–Crippen MR) is 78.9 cm³/mol. The van der Waals surface area contributed by atoms with Gasteiger partial charge in [-0.15, -0.1) is 0 Å². The first-order chi connectivity index (χ1) is 8.65. The topological polar surface area (TPSA) is 20.3 Å². The van der Waals surface area contributed by atoms with E-state index in [1.54, 1.807) is 0 Å². The Labute approximate surface area is 120 Å². The van der Waals surface area contributed by atoms with Crippen molar-refractivity contribution in [2.24, 2.45) is 11.8 Å². The summed E-state index contributed by atoms with van der Waals surface area (Å²) in [6, 6.07) is 0. The fourth-order valence-electron chi connectivity index (χ4n) is 3.26. The SMILES string of the molecule is CN(CC1CC(Br)C1)C(=O)CC1CCCCCC1. The summed E-state index contributed by atoms with van der Waals surface area (Å²) < 4.78 is 0. The minimum atomic E-state index is 0.375. The lowest BCUT2D eigenvalue weighted by Gasteiger charge is -2.34. The van der Waals surface area contributed by atoms with Gasteiger partial charge in [-0.05, 0) is 37.5 Å². The zero-order valence-corrected chi connectivity index (χ0v) is 13.1. The third kappa shape index (κ3) is 4.25. The molecule has 2 nitrogen and oxygen atoms in total. The van der Waals surface area contributed by atoms with Crippen LogP contribution in [0.25, 0.3) is 0 Å². The largest absolute Gasteiger partial charge is 0.345 e. The molecule has 0 atom stereocenters. The zero-order valence-electron chi connectivity index (χ0n) is 11.5. The van der Waals surface area contributed by atoms with Gasteiger partial charge in [0.1, 0.15) is 0 Å². The van der Waals surface area contributed by atoms with Gasteiger partial charge in [0.25, 0.3) is 0 Å². The summed E-state index contributed by atoms with van der Waals surface area (Å²) in [5.74, 6) is 1.77. The van der Waals surface area contributed by atoms with Crippen LogP contribution in [0.15, 0.2) is 0 Å². The number of hydrogen-bond donors (Lipinski definition) is 0. The molecule has 0 aromatic heterocycles. The first kappa shape index (κ1) is 14.4. The van der Waals surface area contributed by atoms with Crippen molar-refractivity contribution in [1.82, 2.24) is 4.90 Å². The second-order valence-electron chi connectivity index (χ2n) is 6.27. The Hall–Kier alpha value is -0.0500. The van der Waals surface area contributed by atoms with Crippen molar-refractivity contribution < 1.29 is 4.79 Å². The van der Waals surface area contributed by atoms with Crippen molar-refractivity contribution >= 4 is 21.8 Å². The van der Waals surface area contributed by atoms with Crippen LogP contribution in [-0.2, 0) is 4.79 Å². The summed E-state index contributed by atoms with van der Waals surface area (Å²) in [5, 5.41) is 0. The summed E-state index contributed by atoms with van der Waals surface area (Å²) in [6.07, 6.45) is 11.2. The van der Waals surface area contributed by atoms with Crippen LogP contribution in [0.2, 0.25) is 0 Å². The first-order valence-corrected chi connectivity index (χ1v) is 8.44. The molecule has 2 saturated carbocycles. The molecule has 0 heterocycles. The molecule has 0 N–H and O–H groups in total. The summed E-state index contributed by atoms with van der Waals surface area (Å²) in [5.41, 5.74) is 0. The Kier molecular flexibility index (Phi) is 5.53. The monoisotopic (exact) mass is 315 g/mol. The highest BCUT2D eigenvalue weighted by Crippen LogP contribution is 2.34. The predicted octanol–water partition coefficient (Wildman–Crippen LogP) is 3.98. The van der Waals surface area contributed by atoms with Gasteiger partial charge in [-0.25, -0.2) is 0 Å². The third-order valence-corrected chi connectivity index (χ3v) is 5.32. The standard InChI is InChI=1S/C15H26BrNO/c1-17(11-13-8-14(16)9-13)15(18)10-12-6-4-2-3-5-7-12/h12-14H,2-11H2,1H3. The van der Waals surface area contributed by atoms with Crippen LogP contribution in [0.1, 0.15) is 57.8 Å². The average Bonchev–Trinajstić information content (AvgIpc) is 2.55. The van der Waals surface area contributed by atoms with Crippen LogP contribution < -0.4 is 0 Å². The van der Waals surface area contributed by atoms with Gasteiger partial charge in [-0.2, -0.15) is 0 Å². The van der Waals surface area contributed by atoms with Crippen molar-refractivity contribution in [3.05, 3.63) is 0 Å². The molecule has 0 unspecified atom stereocenters. The number of hydrogen-bond acceptors (Lipinski definition) is 1. The average molecular weight is 316 g/mol. The molecule has 104 valence electrons. The van der Waals surface area contributed by atoms with Gasteiger partial charge in [0, 0.05) is 24.8 Å². The summed E-state index contributed by atoms with van der Waals surface area (Å²) >= 11 is 3.61. The van der Waals surface area contributed by atoms with Gasteiger partial charge >= 0.3 is 0 Å². The molecule has 2 fully saturated rings. The lowest BCUT2D eigenvalue weighted by molar-refractivity contribution is -0.131. The van der Waals surface area contributed by atoms with Crippen LogP contribution in [0, 0.1) is 11.8 Å². The molecule has 0 aromatic carbocycles. The lowest BCUT2D eigenvalue weighted by atomic mass is 9.85. The van der Waals surface area contributed by atoms with Crippen molar-refractivity contribution in [3.63, 3.8) is 0 Å². The van der Waals surface area contributed by atoms with Gasteiger partial charge in [0.05, 0.1) is 0 Å². The van der Waals surface area contributed by atoms with Gasteiger partial charge in [-0.3, -0.25) is 4.79 Å². The van der Waals surface area contributed by atoms with E-state index in [4.69, 9.17) is 0 Å². The number of nitrogens with zero attached hydrogens (tertiary/aromatic N) is 1. The zero-order chi connectivity index (χ0) is 13.0. The Morgan fingerprint density at radius 1 is 1.11 bits per heavy atom. The Balaban J connectivity index is 1.69. The first-order valence-electron chi connectivity index (χ1n) is 7.53. The van der Waals surface area contributed by atoms with E-state index in [-0.39, 0.29) is 0 Å². The van der Waals surface area contributed by atoms with Gasteiger partial charge in [0.2, 0.25) is 5.91 Å². The maximum atomic E-state index is 12.2. The highest BCUT2D eigenvalue weighted by molar-refractivity contribution is 9.09. The summed E-state index contributed by atoms with van der Waals surface area (Å²) in [6.45, 7) is 0.966. The fraction of sp³-hybridized carbons (Fsp3) is 0.933. The molecule has 2 rings (SSSR count). The minimum absolute atomic E-state index is 0.375. The number of alkyl halides is 1. The molecule has 0 bridgehead atoms. The molecule has 18 heavy (non-hydrogen) atoms. The fourth-order valence-corrected chi connectivity index (χ4v) is 4.32. The summed E-state index contributed by atoms with van der Waals surface area (Å²) in [4.78, 5) is 14.9. The molecule has 3 heteroatoms. The van der Waals surface area contributed by atoms with Gasteiger partial charge < -0.3 is 4.90 Å². The molecule has 0 saturated heterocycles. The van der Waals surface area contributed by atoms with E-state index in [1.807, 2.05) is 11.9 Å². The Morgan fingerprint density at radius 2 is 1.72 bits per heavy atom. The smallest absolute Gasteiger partial charge is 0.222 e. The lowest BCUT2D eigenvalue weighted by Crippen LogP contribution is -2.38. The van der Waals surface area contributed by atoms with E-state index in [9.17, 15) is 4.79 Å². The third-order valence-electron chi connectivity index (χ3n) is 4.57. The number of rotatable bonds is 4. The molecule has 0 aliphatic heterocycles. The molecule has 2 aliphatic rings. The van der Waals surface area contributed by atoms with E-state index in [1.165, 1.54) is 51.4 Å². The Bertz CT molecular complexity index is 268. The van der Waals surface area contributed by atoms with Crippen molar-refractivity contribution in [2.45, 2.75) is 62.6 Å². The van der Waals surface area contributed by atoms with E-state index < -0.39 is 0 Å². The van der Waals surface area contributed by atoms with E-state index >= 15 is 0 Å². The maximum absolute atomic E-state index is 12.2. The van der Waals surface area contributed by atoms with Crippen LogP contribution in [0.4, 0.5) is 0 Å². The summed E-state index contributed by atoms with van der Waals surface area (Å²) in [7, 11) is 1.99. The highest BCUT2D eigenvalue weighted by atomic mass is 79.9. The molecular weight excluding hydrogens is 290 g/mol. The normalized spacial score (nSPS) is 29.4. The van der Waals surface area contributed by atoms with Crippen molar-refractivity contribution in [1.29, 1.82) is 0 Å². The van der Waals surface area contributed by atoms with E-state index in [0.29, 0.717) is 16.7 Å². The minimum Gasteiger partial charge on any atom is -0.345 e. The number of amides is 1. The van der Waals surface area contributed by atoms with Crippen molar-refractivity contribution in [2.75, 3.05) is 13.6 Å². The molecule has 0 aromatic rings. The van der Waals surface area contributed by atoms with Gasteiger partial charge in [-0.1, -0.05) is 41.6 Å². The number of carbonyl (C=O) groups excluding carboxylic acids is 1. The highest BCUT2D eigenvalue weighted by Gasteiger charge is 2.29. The van der Waals surface area contributed by atoms with Crippen LogP contribution in [0.5, 0.6) is 0 Å². The van der Waals surface area contributed by atoms with Crippen LogP contribution in [0.3, 0.4) is 0 Å². The van der Waals surface area contributed by atoms with Crippen LogP contribution in [-0.4, -0.2) is 29.2 Å². The molecule has 1 amide bonds. The Morgan fingerprint density at radius 3 is 2.28 bits per heavy atom. The van der Waals surface area contributed by atoms with Gasteiger partial charge in [0.15, 0.2) is 0 Å². The molecule has 0 radical (unpaired) electrons. The quantitative estimate of drug-likeness (QED) is 0.567. The second kappa shape index (κ2) is 6.93. The number of halogens is 1. The molecule has 2 aliphatic carbocycles. The van der Waals surface area contributed by atoms with E-state index in [2.05, 4.69) is 15.9 Å². The van der Waals surface area contributed by atoms with E-state index in [0.717, 1.165) is 18.9 Å². The maximum Gasteiger partial charge on any atom is 0.222 e. The molecule has 0 spiro atoms. The number of carbonyl (C=O) groups is 1.